The first-order chi connectivity index (χ1) is 15.2. The Balaban J connectivity index is -0.000000578. The fraction of sp³-hybridized carbons (Fsp3) is 0.917. The molecule has 0 amide bonds. The number of carbonyl (C=O) groups is 2. The maximum atomic E-state index is 11.9. The fourth-order valence-corrected chi connectivity index (χ4v) is 4.14. The monoisotopic (exact) mass is 540 g/mol. The van der Waals surface area contributed by atoms with E-state index in [4.69, 9.17) is 17.5 Å². The van der Waals surface area contributed by atoms with Gasteiger partial charge in [-0.05, 0) is 24.6 Å². The molecule has 6 nitrogen and oxygen atoms in total. The molecule has 10 heteroatoms. The predicted octanol–water partition coefficient (Wildman–Crippen LogP) is 1.28. The van der Waals surface area contributed by atoms with Crippen molar-refractivity contribution in [1.82, 2.24) is 0 Å². The number of hydrogen-bond acceptors (Lipinski definition) is 7. The quantitative estimate of drug-likeness (QED) is 0.0989. The van der Waals surface area contributed by atoms with Crippen LogP contribution in [0.1, 0.15) is 142 Å². The van der Waals surface area contributed by atoms with E-state index in [0.717, 1.165) is 37.4 Å². The first kappa shape index (κ1) is 42.6. The molecule has 192 valence electrons. The van der Waals surface area contributed by atoms with Gasteiger partial charge in [0.15, 0.2) is 10.2 Å². The van der Waals surface area contributed by atoms with Crippen LogP contribution in [0.25, 0.3) is 0 Å². The molecule has 0 aliphatic carbocycles. The van der Waals surface area contributed by atoms with Gasteiger partial charge in [0.2, 0.25) is 0 Å². The van der Waals surface area contributed by atoms with Crippen LogP contribution in [0.4, 0.5) is 0 Å². The Hall–Kier alpha value is 1.56. The smallest absolute Gasteiger partial charge is 0.759 e. The van der Waals surface area contributed by atoms with Crippen molar-refractivity contribution >= 4 is 32.4 Å². The van der Waals surface area contributed by atoms with Crippen molar-refractivity contribution in [2.24, 2.45) is 0 Å². The Morgan fingerprint density at radius 1 is 0.529 bits per heavy atom. The number of unbranched alkanes of at least 4 members (excludes halogenated alkanes) is 16. The van der Waals surface area contributed by atoms with E-state index in [1.165, 1.54) is 89.9 Å². The summed E-state index contributed by atoms with van der Waals surface area (Å²) in [5, 5.41) is 0.165. The van der Waals surface area contributed by atoms with Crippen LogP contribution in [0.5, 0.6) is 0 Å². The van der Waals surface area contributed by atoms with E-state index < -0.39 is 10.4 Å². The van der Waals surface area contributed by atoms with Crippen molar-refractivity contribution in [2.75, 3.05) is 0 Å². The molecule has 0 aromatic carbocycles. The van der Waals surface area contributed by atoms with Crippen LogP contribution in [0.3, 0.4) is 0 Å². The predicted molar refractivity (Wildman–Crippen MR) is 132 cm³/mol. The number of thioether (sulfide) groups is 1. The molecular formula is C24H46Na2O6S2. The van der Waals surface area contributed by atoms with Gasteiger partial charge in [0, 0.05) is 23.2 Å². The van der Waals surface area contributed by atoms with Crippen LogP contribution < -0.4 is 59.1 Å². The molecule has 0 spiro atoms. The van der Waals surface area contributed by atoms with Gasteiger partial charge >= 0.3 is 59.1 Å². The largest absolute Gasteiger partial charge is 1.00 e. The third kappa shape index (κ3) is 46.8. The van der Waals surface area contributed by atoms with E-state index in [0.29, 0.717) is 12.8 Å². The van der Waals surface area contributed by atoms with Crippen LogP contribution in [0.2, 0.25) is 0 Å². The SMILES string of the molecule is CCCCCCCCCCCC(=O)SC(=O)CCCCCCCCCCC.O=S(=O)([O-])[O-].[Na+].[Na+]. The van der Waals surface area contributed by atoms with Crippen molar-refractivity contribution in [3.8, 4) is 0 Å². The van der Waals surface area contributed by atoms with Crippen molar-refractivity contribution in [3.05, 3.63) is 0 Å². The second kappa shape index (κ2) is 32.6. The summed E-state index contributed by atoms with van der Waals surface area (Å²) in [4.78, 5) is 23.7. The molecule has 0 saturated carbocycles. The summed E-state index contributed by atoms with van der Waals surface area (Å²) in [6.07, 6.45) is 23.8. The van der Waals surface area contributed by atoms with Crippen molar-refractivity contribution in [3.63, 3.8) is 0 Å². The van der Waals surface area contributed by atoms with Crippen LogP contribution in [-0.4, -0.2) is 27.8 Å². The summed E-state index contributed by atoms with van der Waals surface area (Å²) < 4.78 is 34.1. The molecular weight excluding hydrogens is 494 g/mol. The van der Waals surface area contributed by atoms with Crippen molar-refractivity contribution in [1.29, 1.82) is 0 Å². The average molecular weight is 541 g/mol. The topological polar surface area (TPSA) is 114 Å². The van der Waals surface area contributed by atoms with E-state index in [2.05, 4.69) is 13.8 Å². The Kier molecular flexibility index (Phi) is 40.9. The van der Waals surface area contributed by atoms with Crippen molar-refractivity contribution in [2.45, 2.75) is 142 Å². The van der Waals surface area contributed by atoms with E-state index in [9.17, 15) is 9.59 Å². The van der Waals surface area contributed by atoms with Crippen molar-refractivity contribution < 1.29 is 86.2 Å². The minimum atomic E-state index is -5.17. The van der Waals surface area contributed by atoms with Gasteiger partial charge in [-0.1, -0.05) is 117 Å². The fourth-order valence-electron chi connectivity index (χ4n) is 3.39. The van der Waals surface area contributed by atoms with Gasteiger partial charge in [0.25, 0.3) is 0 Å². The normalized spacial score (nSPS) is 10.5. The van der Waals surface area contributed by atoms with Gasteiger partial charge in [-0.25, -0.2) is 0 Å². The van der Waals surface area contributed by atoms with Gasteiger partial charge in [-0.2, -0.15) is 0 Å². The molecule has 0 aromatic heterocycles. The average Bonchev–Trinajstić information content (AvgIpc) is 2.70. The van der Waals surface area contributed by atoms with E-state index >= 15 is 0 Å². The molecule has 0 fully saturated rings. The zero-order valence-electron chi connectivity index (χ0n) is 22.4. The molecule has 0 saturated heterocycles. The first-order valence-electron chi connectivity index (χ1n) is 12.6. The van der Waals surface area contributed by atoms with Crippen LogP contribution >= 0.6 is 11.8 Å². The van der Waals surface area contributed by atoms with Gasteiger partial charge in [0.05, 0.1) is 0 Å². The molecule has 0 unspecified atom stereocenters. The Labute approximate surface area is 258 Å². The van der Waals surface area contributed by atoms with Crippen LogP contribution in [-0.2, 0) is 20.0 Å². The van der Waals surface area contributed by atoms with Crippen LogP contribution in [0, 0.1) is 0 Å². The second-order valence-electron chi connectivity index (χ2n) is 8.41. The molecule has 0 rings (SSSR count). The zero-order valence-corrected chi connectivity index (χ0v) is 28.0. The molecule has 0 bridgehead atoms. The number of carbonyl (C=O) groups excluding carboxylic acids is 2. The van der Waals surface area contributed by atoms with Gasteiger partial charge in [-0.3, -0.25) is 18.0 Å². The summed E-state index contributed by atoms with van der Waals surface area (Å²) in [5.74, 6) is 0. The van der Waals surface area contributed by atoms with Gasteiger partial charge in [0.1, 0.15) is 0 Å². The van der Waals surface area contributed by atoms with Crippen LogP contribution in [0.15, 0.2) is 0 Å². The van der Waals surface area contributed by atoms with Gasteiger partial charge in [-0.15, -0.1) is 0 Å². The Morgan fingerprint density at radius 3 is 0.971 bits per heavy atom. The summed E-state index contributed by atoms with van der Waals surface area (Å²) in [6.45, 7) is 4.49. The maximum absolute atomic E-state index is 11.9. The first-order valence-corrected chi connectivity index (χ1v) is 14.8. The second-order valence-corrected chi connectivity index (χ2v) is 10.3. The molecule has 0 aromatic rings. The standard InChI is InChI=1S/C24H46O2S.2Na.H2O4S/c1-3-5-7-9-11-13-15-17-19-21-23(25)27-24(26)22-20-18-16-14-12-10-8-6-4-2;;;1-5(2,3)4/h3-22H2,1-2H3;;;(H2,1,2,3,4)/q;2*+1;/p-2. The Morgan fingerprint density at radius 2 is 0.735 bits per heavy atom. The molecule has 0 aliphatic rings. The van der Waals surface area contributed by atoms with E-state index in [1.54, 1.807) is 0 Å². The molecule has 0 aliphatic heterocycles. The summed E-state index contributed by atoms with van der Waals surface area (Å²) in [7, 11) is -5.17. The minimum absolute atomic E-state index is 0. The summed E-state index contributed by atoms with van der Waals surface area (Å²) >= 11 is 0.977. The molecule has 0 atom stereocenters. The molecule has 34 heavy (non-hydrogen) atoms. The van der Waals surface area contributed by atoms with E-state index in [1.807, 2.05) is 0 Å². The third-order valence-corrected chi connectivity index (χ3v) is 6.06. The third-order valence-electron chi connectivity index (χ3n) is 5.20. The summed E-state index contributed by atoms with van der Waals surface area (Å²) in [5.41, 5.74) is 0. The molecule has 0 radical (unpaired) electrons. The van der Waals surface area contributed by atoms with E-state index in [-0.39, 0.29) is 69.3 Å². The number of hydrogen-bond donors (Lipinski definition) is 0. The maximum Gasteiger partial charge on any atom is 1.00 e. The summed E-state index contributed by atoms with van der Waals surface area (Å²) in [6, 6.07) is 0. The molecule has 0 heterocycles. The number of rotatable bonds is 20. The molecule has 0 N–H and O–H groups in total. The Bertz CT molecular complexity index is 506. The van der Waals surface area contributed by atoms with Gasteiger partial charge < -0.3 is 9.11 Å². The minimum Gasteiger partial charge on any atom is -0.759 e. The zero-order chi connectivity index (χ0) is 24.5.